The smallest absolute Gasteiger partial charge is 0.393 e. The highest BCUT2D eigenvalue weighted by Gasteiger charge is 2.47. The van der Waals surface area contributed by atoms with E-state index in [0.29, 0.717) is 17.3 Å². The summed E-state index contributed by atoms with van der Waals surface area (Å²) in [4.78, 5) is 19.7. The predicted molar refractivity (Wildman–Crippen MR) is 120 cm³/mol. The normalized spacial score (nSPS) is 21.2. The van der Waals surface area contributed by atoms with Gasteiger partial charge < -0.3 is 14.9 Å². The Labute approximate surface area is 198 Å². The number of nitrogens with zero attached hydrogens (tertiary/aromatic N) is 5. The lowest BCUT2D eigenvalue weighted by molar-refractivity contribution is -0.192. The van der Waals surface area contributed by atoms with Gasteiger partial charge in [0.05, 0.1) is 23.7 Å². The Morgan fingerprint density at radius 1 is 1.26 bits per heavy atom. The minimum atomic E-state index is -4.64. The molecule has 5 rings (SSSR count). The third-order valence-corrected chi connectivity index (χ3v) is 6.83. The van der Waals surface area contributed by atoms with Crippen molar-refractivity contribution in [2.45, 2.75) is 44.0 Å². The molecule has 2 aromatic heterocycles. The van der Waals surface area contributed by atoms with Gasteiger partial charge in [0.2, 0.25) is 5.91 Å². The number of anilines is 2. The number of carbonyl (C=O) groups excluding carboxylic acids is 1. The highest BCUT2D eigenvalue weighted by Crippen LogP contribution is 2.41. The number of carbonyl (C=O) groups is 1. The summed E-state index contributed by atoms with van der Waals surface area (Å²) < 4.78 is 43.7. The van der Waals surface area contributed by atoms with E-state index in [-0.39, 0.29) is 18.4 Å². The van der Waals surface area contributed by atoms with Crippen LogP contribution in [0, 0.1) is 5.92 Å². The molecule has 1 aromatic carbocycles. The van der Waals surface area contributed by atoms with Crippen molar-refractivity contribution < 1.29 is 23.1 Å². The highest BCUT2D eigenvalue weighted by molar-refractivity contribution is 6.29. The molecule has 0 bridgehead atoms. The van der Waals surface area contributed by atoms with Crippen LogP contribution >= 0.6 is 11.6 Å². The average molecular weight is 494 g/mol. The number of aromatic nitrogens is 3. The summed E-state index contributed by atoms with van der Waals surface area (Å²) in [5.41, 5.74) is 3.11. The number of hydrogen-bond acceptors (Lipinski definition) is 5. The Hall–Kier alpha value is -2.85. The molecule has 1 atom stereocenters. The van der Waals surface area contributed by atoms with Crippen molar-refractivity contribution in [2.24, 2.45) is 5.92 Å². The molecule has 7 nitrogen and oxygen atoms in total. The van der Waals surface area contributed by atoms with Crippen molar-refractivity contribution in [3.63, 3.8) is 0 Å². The summed E-state index contributed by atoms with van der Waals surface area (Å²) in [5.74, 6) is -1.18. The number of aryl methyl sites for hydroxylation is 1. The minimum Gasteiger partial charge on any atom is -0.393 e. The van der Waals surface area contributed by atoms with E-state index >= 15 is 0 Å². The van der Waals surface area contributed by atoms with Gasteiger partial charge in [0, 0.05) is 31.3 Å². The number of aliphatic hydroxyl groups excluding tert-OH is 1. The Bertz CT molecular complexity index is 1220. The fraction of sp³-hybridized carbons (Fsp3) is 0.435. The maximum atomic E-state index is 14.0. The molecule has 180 valence electrons. The maximum Gasteiger partial charge on any atom is 0.413 e. The van der Waals surface area contributed by atoms with E-state index in [0.717, 1.165) is 34.8 Å². The lowest BCUT2D eigenvalue weighted by Crippen LogP contribution is -2.46. The molecular weight excluding hydrogens is 471 g/mol. The van der Waals surface area contributed by atoms with Crippen LogP contribution in [0.3, 0.4) is 0 Å². The molecule has 1 N–H and O–H groups in total. The minimum absolute atomic E-state index is 0.0170. The fourth-order valence-electron chi connectivity index (χ4n) is 4.87. The summed E-state index contributed by atoms with van der Waals surface area (Å²) in [5, 5.41) is 14.1. The van der Waals surface area contributed by atoms with E-state index in [9.17, 15) is 23.1 Å². The van der Waals surface area contributed by atoms with Gasteiger partial charge in [-0.05, 0) is 43.4 Å². The maximum absolute atomic E-state index is 14.0. The first-order chi connectivity index (χ1) is 16.1. The Balaban J connectivity index is 1.44. The largest absolute Gasteiger partial charge is 0.413 e. The van der Waals surface area contributed by atoms with Gasteiger partial charge in [-0.15, -0.1) is 0 Å². The van der Waals surface area contributed by atoms with Crippen molar-refractivity contribution >= 4 is 34.5 Å². The van der Waals surface area contributed by atoms with Gasteiger partial charge in [-0.3, -0.25) is 4.79 Å². The van der Waals surface area contributed by atoms with E-state index < -0.39 is 30.1 Å². The molecule has 1 fully saturated rings. The second-order valence-electron chi connectivity index (χ2n) is 8.89. The first-order valence-corrected chi connectivity index (χ1v) is 11.4. The highest BCUT2D eigenvalue weighted by atomic mass is 35.5. The number of rotatable bonds is 4. The number of benzene rings is 1. The summed E-state index contributed by atoms with van der Waals surface area (Å²) >= 11 is 6.03. The molecular formula is C23H23ClF3N5O2. The summed E-state index contributed by atoms with van der Waals surface area (Å²) in [6, 6.07) is 5.71. The van der Waals surface area contributed by atoms with Gasteiger partial charge in [0.1, 0.15) is 0 Å². The quantitative estimate of drug-likeness (QED) is 0.586. The average Bonchev–Trinajstić information content (AvgIpc) is 3.16. The van der Waals surface area contributed by atoms with Crippen molar-refractivity contribution in [1.29, 1.82) is 0 Å². The zero-order chi connectivity index (χ0) is 24.2. The number of fused-ring (bicyclic) bond motifs is 3. The molecule has 1 saturated carbocycles. The Kier molecular flexibility index (Phi) is 5.68. The van der Waals surface area contributed by atoms with Crippen LogP contribution in [0.4, 0.5) is 24.5 Å². The van der Waals surface area contributed by atoms with E-state index in [1.807, 2.05) is 4.90 Å². The number of amides is 1. The molecule has 1 amide bonds. The van der Waals surface area contributed by atoms with Crippen LogP contribution in [0.25, 0.3) is 5.65 Å². The SMILES string of the molecule is CN(C(=O)C1CC(O)C1)[C@@H](c1ccc(N2CCCc3c2cnc2cc(Cl)nn32)cc1)C(F)(F)F. The Morgan fingerprint density at radius 2 is 1.97 bits per heavy atom. The summed E-state index contributed by atoms with van der Waals surface area (Å²) in [6.07, 6.45) is -1.52. The summed E-state index contributed by atoms with van der Waals surface area (Å²) in [7, 11) is 1.17. The van der Waals surface area contributed by atoms with Gasteiger partial charge >= 0.3 is 6.18 Å². The van der Waals surface area contributed by atoms with Crippen molar-refractivity contribution in [2.75, 3.05) is 18.5 Å². The predicted octanol–water partition coefficient (Wildman–Crippen LogP) is 4.30. The monoisotopic (exact) mass is 493 g/mol. The van der Waals surface area contributed by atoms with Crippen molar-refractivity contribution in [1.82, 2.24) is 19.5 Å². The van der Waals surface area contributed by atoms with Gasteiger partial charge in [-0.2, -0.15) is 18.3 Å². The van der Waals surface area contributed by atoms with Gasteiger partial charge in [-0.25, -0.2) is 9.50 Å². The molecule has 1 aliphatic carbocycles. The molecule has 34 heavy (non-hydrogen) atoms. The van der Waals surface area contributed by atoms with Crippen LogP contribution in [0.1, 0.15) is 36.6 Å². The topological polar surface area (TPSA) is 74.0 Å². The lowest BCUT2D eigenvalue weighted by Gasteiger charge is -2.37. The number of hydrogen-bond donors (Lipinski definition) is 1. The van der Waals surface area contributed by atoms with Crippen LogP contribution in [-0.4, -0.2) is 56.4 Å². The third-order valence-electron chi connectivity index (χ3n) is 6.65. The van der Waals surface area contributed by atoms with E-state index in [1.54, 1.807) is 28.9 Å². The first-order valence-electron chi connectivity index (χ1n) is 11.1. The molecule has 11 heteroatoms. The second-order valence-corrected chi connectivity index (χ2v) is 9.28. The van der Waals surface area contributed by atoms with Gasteiger partial charge in [-0.1, -0.05) is 23.7 Å². The zero-order valence-electron chi connectivity index (χ0n) is 18.3. The molecule has 2 aliphatic rings. The second kappa shape index (κ2) is 8.42. The molecule has 1 aliphatic heterocycles. The standard InChI is InChI=1S/C23H23ClF3N5O2/c1-30(22(34)14-9-16(33)10-14)21(23(25,26)27)13-4-6-15(7-5-13)31-8-2-3-17-18(31)12-28-20-11-19(24)29-32(17)20/h4-7,11-12,14,16,21,33H,2-3,8-10H2,1H3/t14?,16?,21-/m0/s1. The van der Waals surface area contributed by atoms with Crippen LogP contribution < -0.4 is 4.90 Å². The van der Waals surface area contributed by atoms with Gasteiger partial charge in [0.15, 0.2) is 16.8 Å². The molecule has 3 heterocycles. The lowest BCUT2D eigenvalue weighted by atomic mass is 9.81. The van der Waals surface area contributed by atoms with Crippen molar-refractivity contribution in [3.05, 3.63) is 52.9 Å². The molecule has 3 aromatic rings. The Morgan fingerprint density at radius 3 is 2.62 bits per heavy atom. The number of halogens is 4. The van der Waals surface area contributed by atoms with Gasteiger partial charge in [0.25, 0.3) is 0 Å². The fourth-order valence-corrected chi connectivity index (χ4v) is 5.04. The molecule has 0 unspecified atom stereocenters. The molecule has 0 spiro atoms. The van der Waals surface area contributed by atoms with Crippen LogP contribution in [0.5, 0.6) is 0 Å². The van der Waals surface area contributed by atoms with Crippen molar-refractivity contribution in [3.8, 4) is 0 Å². The molecule has 0 saturated heterocycles. The van der Waals surface area contributed by atoms with Crippen LogP contribution in [-0.2, 0) is 11.2 Å². The molecule has 0 radical (unpaired) electrons. The van der Waals surface area contributed by atoms with E-state index in [1.165, 1.54) is 19.2 Å². The van der Waals surface area contributed by atoms with E-state index in [2.05, 4.69) is 10.1 Å². The van der Waals surface area contributed by atoms with Crippen LogP contribution in [0.2, 0.25) is 5.15 Å². The van der Waals surface area contributed by atoms with Crippen LogP contribution in [0.15, 0.2) is 36.5 Å². The first kappa shape index (κ1) is 22.9. The number of aliphatic hydroxyl groups is 1. The van der Waals surface area contributed by atoms with E-state index in [4.69, 9.17) is 11.6 Å². The number of alkyl halides is 3. The third kappa shape index (κ3) is 3.98. The summed E-state index contributed by atoms with van der Waals surface area (Å²) in [6.45, 7) is 0.680. The zero-order valence-corrected chi connectivity index (χ0v) is 19.1.